The second-order valence-electron chi connectivity index (χ2n) is 5.21. The molecule has 0 amide bonds. The van der Waals surface area contributed by atoms with Crippen molar-refractivity contribution < 1.29 is 13.2 Å². The summed E-state index contributed by atoms with van der Waals surface area (Å²) < 4.78 is 39.8. The van der Waals surface area contributed by atoms with Crippen LogP contribution in [-0.2, 0) is 0 Å². The highest BCUT2D eigenvalue weighted by Crippen LogP contribution is 2.10. The molecule has 0 spiro atoms. The largest absolute Gasteiger partial charge is 0.207 e. The third-order valence-corrected chi connectivity index (χ3v) is 3.35. The molecular formula is C22H11F3. The third kappa shape index (κ3) is 4.53. The molecule has 0 N–H and O–H groups in total. The maximum absolute atomic E-state index is 14.1. The highest BCUT2D eigenvalue weighted by Gasteiger charge is 2.00. The summed E-state index contributed by atoms with van der Waals surface area (Å²) in [6.45, 7) is 0. The fraction of sp³-hybridized carbons (Fsp3) is 0. The summed E-state index contributed by atoms with van der Waals surface area (Å²) in [5, 5.41) is 0. The third-order valence-electron chi connectivity index (χ3n) is 3.35. The highest BCUT2D eigenvalue weighted by atomic mass is 19.1. The molecule has 3 aromatic carbocycles. The Kier molecular flexibility index (Phi) is 4.88. The molecule has 0 aliphatic heterocycles. The van der Waals surface area contributed by atoms with Crippen molar-refractivity contribution in [2.24, 2.45) is 0 Å². The zero-order valence-electron chi connectivity index (χ0n) is 13.0. The zero-order chi connectivity index (χ0) is 17.6. The van der Waals surface area contributed by atoms with Crippen LogP contribution in [0.2, 0.25) is 0 Å². The molecular weight excluding hydrogens is 321 g/mol. The zero-order valence-corrected chi connectivity index (χ0v) is 13.0. The first-order valence-electron chi connectivity index (χ1n) is 7.45. The molecule has 3 rings (SSSR count). The average Bonchev–Trinajstić information content (AvgIpc) is 2.62. The van der Waals surface area contributed by atoms with Crippen LogP contribution in [0.4, 0.5) is 13.2 Å². The summed E-state index contributed by atoms with van der Waals surface area (Å²) in [6.07, 6.45) is 0. The van der Waals surface area contributed by atoms with Crippen LogP contribution in [0.15, 0.2) is 66.7 Å². The smallest absolute Gasteiger partial charge is 0.140 e. The lowest BCUT2D eigenvalue weighted by Gasteiger charge is -1.96. The van der Waals surface area contributed by atoms with Gasteiger partial charge in [0.05, 0.1) is 5.56 Å². The van der Waals surface area contributed by atoms with Gasteiger partial charge in [-0.15, -0.1) is 0 Å². The van der Waals surface area contributed by atoms with Gasteiger partial charge < -0.3 is 0 Å². The molecule has 0 atom stereocenters. The Hall–Kier alpha value is -3.43. The van der Waals surface area contributed by atoms with Crippen LogP contribution in [0.1, 0.15) is 22.3 Å². The van der Waals surface area contributed by atoms with Crippen molar-refractivity contribution in [3.05, 3.63) is 106 Å². The molecule has 3 heteroatoms. The van der Waals surface area contributed by atoms with Gasteiger partial charge in [0.25, 0.3) is 0 Å². The minimum Gasteiger partial charge on any atom is -0.207 e. The molecule has 120 valence electrons. The average molecular weight is 332 g/mol. The van der Waals surface area contributed by atoms with Gasteiger partial charge in [0.15, 0.2) is 0 Å². The van der Waals surface area contributed by atoms with Gasteiger partial charge in [0, 0.05) is 16.7 Å². The summed E-state index contributed by atoms with van der Waals surface area (Å²) in [4.78, 5) is 0. The van der Waals surface area contributed by atoms with E-state index >= 15 is 0 Å². The summed E-state index contributed by atoms with van der Waals surface area (Å²) in [5.74, 6) is 10.0. The number of hydrogen-bond donors (Lipinski definition) is 0. The Morgan fingerprint density at radius 3 is 1.44 bits per heavy atom. The number of halogens is 3. The fourth-order valence-corrected chi connectivity index (χ4v) is 2.04. The Morgan fingerprint density at radius 2 is 0.920 bits per heavy atom. The quantitative estimate of drug-likeness (QED) is 0.514. The lowest BCUT2D eigenvalue weighted by atomic mass is 10.1. The molecule has 0 aliphatic rings. The number of rotatable bonds is 0. The number of hydrogen-bond acceptors (Lipinski definition) is 0. The molecule has 0 heterocycles. The standard InChI is InChI=1S/C22H11F3/c23-20-11-5-16(6-12-20)1-2-18-4-10-19(22(25)15-18)9-3-17-7-13-21(24)14-8-17/h4-8,10-15H. The maximum atomic E-state index is 14.1. The van der Waals surface area contributed by atoms with Crippen molar-refractivity contribution >= 4 is 0 Å². The van der Waals surface area contributed by atoms with Crippen LogP contribution in [0.5, 0.6) is 0 Å². The molecule has 25 heavy (non-hydrogen) atoms. The first kappa shape index (κ1) is 16.4. The van der Waals surface area contributed by atoms with E-state index in [-0.39, 0.29) is 17.2 Å². The van der Waals surface area contributed by atoms with Crippen LogP contribution in [0.25, 0.3) is 0 Å². The minimum absolute atomic E-state index is 0.233. The van der Waals surface area contributed by atoms with Gasteiger partial charge in [-0.25, -0.2) is 13.2 Å². The van der Waals surface area contributed by atoms with Gasteiger partial charge in [0.1, 0.15) is 17.5 Å². The van der Waals surface area contributed by atoms with E-state index in [9.17, 15) is 13.2 Å². The molecule has 0 saturated heterocycles. The van der Waals surface area contributed by atoms with E-state index in [4.69, 9.17) is 0 Å². The summed E-state index contributed by atoms with van der Waals surface area (Å²) in [6, 6.07) is 15.9. The molecule has 0 saturated carbocycles. The van der Waals surface area contributed by atoms with E-state index in [1.807, 2.05) is 0 Å². The van der Waals surface area contributed by atoms with Gasteiger partial charge in [-0.05, 0) is 66.7 Å². The molecule has 0 radical (unpaired) electrons. The Labute approximate surface area is 144 Å². The van der Waals surface area contributed by atoms with Crippen molar-refractivity contribution in [2.75, 3.05) is 0 Å². The predicted molar refractivity (Wildman–Crippen MR) is 91.2 cm³/mol. The van der Waals surface area contributed by atoms with Crippen LogP contribution in [0, 0.1) is 41.1 Å². The first-order chi connectivity index (χ1) is 12.1. The van der Waals surface area contributed by atoms with E-state index in [1.165, 1.54) is 42.5 Å². The van der Waals surface area contributed by atoms with Crippen molar-refractivity contribution in [2.45, 2.75) is 0 Å². The summed E-state index contributed by atoms with van der Waals surface area (Å²) >= 11 is 0. The lowest BCUT2D eigenvalue weighted by molar-refractivity contribution is 0.624. The van der Waals surface area contributed by atoms with E-state index in [0.29, 0.717) is 16.7 Å². The molecule has 0 nitrogen and oxygen atoms in total. The van der Waals surface area contributed by atoms with E-state index in [1.54, 1.807) is 24.3 Å². The summed E-state index contributed by atoms with van der Waals surface area (Å²) in [5.41, 5.74) is 1.97. The molecule has 0 fully saturated rings. The van der Waals surface area contributed by atoms with Crippen LogP contribution in [-0.4, -0.2) is 0 Å². The summed E-state index contributed by atoms with van der Waals surface area (Å²) in [7, 11) is 0. The SMILES string of the molecule is Fc1ccc(C#Cc2ccc(C#Cc3ccc(F)cc3)c(F)c2)cc1. The second kappa shape index (κ2) is 7.43. The monoisotopic (exact) mass is 332 g/mol. The van der Waals surface area contributed by atoms with Crippen molar-refractivity contribution in [1.82, 2.24) is 0 Å². The molecule has 3 aromatic rings. The van der Waals surface area contributed by atoms with Gasteiger partial charge in [0.2, 0.25) is 0 Å². The van der Waals surface area contributed by atoms with Crippen LogP contribution < -0.4 is 0 Å². The maximum Gasteiger partial charge on any atom is 0.140 e. The highest BCUT2D eigenvalue weighted by molar-refractivity contribution is 5.48. The molecule has 0 aromatic heterocycles. The van der Waals surface area contributed by atoms with Crippen molar-refractivity contribution in [1.29, 1.82) is 0 Å². The van der Waals surface area contributed by atoms with E-state index in [0.717, 1.165) is 0 Å². The Balaban J connectivity index is 1.80. The molecule has 0 unspecified atom stereocenters. The first-order valence-corrected chi connectivity index (χ1v) is 7.45. The van der Waals surface area contributed by atoms with Gasteiger partial charge in [-0.2, -0.15) is 0 Å². The Morgan fingerprint density at radius 1 is 0.480 bits per heavy atom. The van der Waals surface area contributed by atoms with Gasteiger partial charge >= 0.3 is 0 Å². The minimum atomic E-state index is -0.486. The molecule has 0 bridgehead atoms. The second-order valence-corrected chi connectivity index (χ2v) is 5.21. The normalized spacial score (nSPS) is 9.56. The molecule has 0 aliphatic carbocycles. The van der Waals surface area contributed by atoms with Crippen molar-refractivity contribution in [3.8, 4) is 23.7 Å². The lowest BCUT2D eigenvalue weighted by Crippen LogP contribution is -1.86. The van der Waals surface area contributed by atoms with Crippen molar-refractivity contribution in [3.63, 3.8) is 0 Å². The van der Waals surface area contributed by atoms with E-state index < -0.39 is 5.82 Å². The predicted octanol–water partition coefficient (Wildman–Crippen LogP) is 4.90. The van der Waals surface area contributed by atoms with Gasteiger partial charge in [-0.3, -0.25) is 0 Å². The Bertz CT molecular complexity index is 1010. The topological polar surface area (TPSA) is 0 Å². The van der Waals surface area contributed by atoms with E-state index in [2.05, 4.69) is 23.7 Å². The van der Waals surface area contributed by atoms with Crippen LogP contribution >= 0.6 is 0 Å². The van der Waals surface area contributed by atoms with Crippen LogP contribution in [0.3, 0.4) is 0 Å². The van der Waals surface area contributed by atoms with Gasteiger partial charge in [-0.1, -0.05) is 23.7 Å². The number of benzene rings is 3. The fourth-order valence-electron chi connectivity index (χ4n) is 2.04.